The Balaban J connectivity index is 1.65. The molecule has 2 aromatic rings. The van der Waals surface area contributed by atoms with Gasteiger partial charge in [0.2, 0.25) is 19.9 Å². The second kappa shape index (κ2) is 9.25. The first kappa shape index (κ1) is 24.3. The van der Waals surface area contributed by atoms with Gasteiger partial charge in [-0.1, -0.05) is 0 Å². The number of piperazine rings is 1. The van der Waals surface area contributed by atoms with Crippen LogP contribution in [0.25, 0.3) is 0 Å². The smallest absolute Gasteiger partial charge is 0.215 e. The third-order valence-electron chi connectivity index (χ3n) is 5.07. The molecule has 13 heteroatoms. The molecule has 1 aliphatic heterocycles. The Morgan fingerprint density at radius 1 is 0.871 bits per heavy atom. The summed E-state index contributed by atoms with van der Waals surface area (Å²) in [6, 6.07) is 8.37. The molecule has 0 spiro atoms. The molecular weight excluding hydrogens is 482 g/mol. The number of nitrogens with zero attached hydrogens (tertiary/aromatic N) is 2. The summed E-state index contributed by atoms with van der Waals surface area (Å²) in [6.07, 6.45) is 1.16. The fourth-order valence-corrected chi connectivity index (χ4v) is 7.95. The van der Waals surface area contributed by atoms with Crippen molar-refractivity contribution in [2.45, 2.75) is 20.5 Å². The SMILES string of the molecule is CS(=O)(=O)N1CCN(CCS(=O)(=O)c2ccc(S(=O)(=O)c3ccc(CN)s3)cc2)CC1. The van der Waals surface area contributed by atoms with Crippen molar-refractivity contribution in [2.75, 3.05) is 44.7 Å². The Labute approximate surface area is 187 Å². The van der Waals surface area contributed by atoms with E-state index in [1.807, 2.05) is 4.90 Å². The van der Waals surface area contributed by atoms with Gasteiger partial charge in [-0.25, -0.2) is 25.3 Å². The molecule has 31 heavy (non-hydrogen) atoms. The summed E-state index contributed by atoms with van der Waals surface area (Å²) in [5.74, 6) is -0.136. The highest BCUT2D eigenvalue weighted by Gasteiger charge is 2.25. The van der Waals surface area contributed by atoms with Crippen LogP contribution >= 0.6 is 11.3 Å². The van der Waals surface area contributed by atoms with Gasteiger partial charge in [0.25, 0.3) is 0 Å². The Morgan fingerprint density at radius 3 is 1.97 bits per heavy atom. The van der Waals surface area contributed by atoms with Gasteiger partial charge in [0.05, 0.1) is 21.8 Å². The maximum Gasteiger partial charge on any atom is 0.215 e. The van der Waals surface area contributed by atoms with Crippen LogP contribution in [0.3, 0.4) is 0 Å². The van der Waals surface area contributed by atoms with Gasteiger partial charge in [-0.3, -0.25) is 4.90 Å². The van der Waals surface area contributed by atoms with Crippen molar-refractivity contribution < 1.29 is 25.3 Å². The highest BCUT2D eigenvalue weighted by atomic mass is 32.2. The van der Waals surface area contributed by atoms with E-state index in [-0.39, 0.29) is 32.8 Å². The van der Waals surface area contributed by atoms with Gasteiger partial charge in [0, 0.05) is 44.1 Å². The minimum absolute atomic E-state index is 0.0220. The first-order valence-electron chi connectivity index (χ1n) is 9.48. The van der Waals surface area contributed by atoms with Crippen molar-refractivity contribution in [3.63, 3.8) is 0 Å². The van der Waals surface area contributed by atoms with E-state index in [1.54, 1.807) is 6.07 Å². The molecule has 0 bridgehead atoms. The maximum absolute atomic E-state index is 12.7. The van der Waals surface area contributed by atoms with Gasteiger partial charge in [0.15, 0.2) is 9.84 Å². The average molecular weight is 508 g/mol. The number of hydrogen-bond donors (Lipinski definition) is 1. The summed E-state index contributed by atoms with van der Waals surface area (Å²) in [6.45, 7) is 2.12. The number of rotatable bonds is 8. The first-order chi connectivity index (χ1) is 14.4. The maximum atomic E-state index is 12.7. The van der Waals surface area contributed by atoms with E-state index >= 15 is 0 Å². The van der Waals surface area contributed by atoms with Crippen molar-refractivity contribution in [3.8, 4) is 0 Å². The number of nitrogens with two attached hydrogens (primary N) is 1. The molecule has 3 rings (SSSR count). The minimum Gasteiger partial charge on any atom is -0.326 e. The molecule has 0 aliphatic carbocycles. The lowest BCUT2D eigenvalue weighted by Crippen LogP contribution is -2.49. The Bertz CT molecular complexity index is 1230. The molecule has 1 aliphatic rings. The van der Waals surface area contributed by atoms with Gasteiger partial charge < -0.3 is 5.73 Å². The van der Waals surface area contributed by atoms with Crippen molar-refractivity contribution in [3.05, 3.63) is 41.3 Å². The number of thiophene rings is 1. The largest absolute Gasteiger partial charge is 0.326 e. The summed E-state index contributed by atoms with van der Waals surface area (Å²) in [7, 11) is -10.6. The molecular formula is C18H25N3O6S4. The molecule has 1 fully saturated rings. The van der Waals surface area contributed by atoms with E-state index < -0.39 is 29.7 Å². The second-order valence-electron chi connectivity index (χ2n) is 7.22. The molecule has 2 heterocycles. The quantitative estimate of drug-likeness (QED) is 0.542. The van der Waals surface area contributed by atoms with Crippen molar-refractivity contribution in [1.82, 2.24) is 9.21 Å². The topological polar surface area (TPSA) is 135 Å². The lowest BCUT2D eigenvalue weighted by molar-refractivity contribution is 0.197. The van der Waals surface area contributed by atoms with E-state index in [1.165, 1.54) is 34.6 Å². The van der Waals surface area contributed by atoms with E-state index in [2.05, 4.69) is 0 Å². The number of sulfone groups is 2. The lowest BCUT2D eigenvalue weighted by atomic mass is 10.4. The second-order valence-corrected chi connectivity index (χ2v) is 14.7. The minimum atomic E-state index is -3.73. The van der Waals surface area contributed by atoms with E-state index in [9.17, 15) is 25.3 Å². The summed E-state index contributed by atoms with van der Waals surface area (Å²) in [5.41, 5.74) is 5.54. The van der Waals surface area contributed by atoms with Crippen molar-refractivity contribution in [1.29, 1.82) is 0 Å². The Morgan fingerprint density at radius 2 is 1.45 bits per heavy atom. The molecule has 172 valence electrons. The van der Waals surface area contributed by atoms with Crippen molar-refractivity contribution >= 4 is 41.0 Å². The van der Waals surface area contributed by atoms with Crippen LogP contribution in [0.5, 0.6) is 0 Å². The number of benzene rings is 1. The van der Waals surface area contributed by atoms with E-state index in [4.69, 9.17) is 5.73 Å². The van der Waals surface area contributed by atoms with Gasteiger partial charge in [-0.05, 0) is 36.4 Å². The molecule has 0 saturated carbocycles. The van der Waals surface area contributed by atoms with Crippen LogP contribution in [0.15, 0.2) is 50.4 Å². The number of hydrogen-bond acceptors (Lipinski definition) is 9. The average Bonchev–Trinajstić information content (AvgIpc) is 3.22. The lowest BCUT2D eigenvalue weighted by Gasteiger charge is -2.33. The molecule has 0 radical (unpaired) electrons. The fourth-order valence-electron chi connectivity index (χ4n) is 3.21. The van der Waals surface area contributed by atoms with Crippen LogP contribution in [0.1, 0.15) is 4.88 Å². The summed E-state index contributed by atoms with van der Waals surface area (Å²) in [4.78, 5) is 2.73. The third-order valence-corrected chi connectivity index (χ3v) is 11.5. The fraction of sp³-hybridized carbons (Fsp3) is 0.444. The highest BCUT2D eigenvalue weighted by Crippen LogP contribution is 2.28. The molecule has 2 N–H and O–H groups in total. The van der Waals surface area contributed by atoms with Gasteiger partial charge in [0.1, 0.15) is 4.21 Å². The molecule has 9 nitrogen and oxygen atoms in total. The zero-order valence-corrected chi connectivity index (χ0v) is 20.2. The van der Waals surface area contributed by atoms with Gasteiger partial charge in [-0.15, -0.1) is 11.3 Å². The molecule has 1 aromatic heterocycles. The Hall–Kier alpha value is -1.35. The normalized spacial score (nSPS) is 17.1. The van der Waals surface area contributed by atoms with Gasteiger partial charge in [-0.2, -0.15) is 4.31 Å². The monoisotopic (exact) mass is 507 g/mol. The number of sulfonamides is 1. The van der Waals surface area contributed by atoms with Crippen LogP contribution in [0, 0.1) is 0 Å². The zero-order valence-electron chi connectivity index (χ0n) is 17.0. The Kier molecular flexibility index (Phi) is 7.25. The van der Waals surface area contributed by atoms with Crippen molar-refractivity contribution in [2.24, 2.45) is 5.73 Å². The predicted octanol–water partition coefficient (Wildman–Crippen LogP) is 0.391. The summed E-state index contributed by atoms with van der Waals surface area (Å²) in [5, 5.41) is 0. The zero-order chi connectivity index (χ0) is 22.9. The van der Waals surface area contributed by atoms with E-state index in [0.29, 0.717) is 26.2 Å². The molecule has 1 aromatic carbocycles. The summed E-state index contributed by atoms with van der Waals surface area (Å²) < 4.78 is 75.5. The van der Waals surface area contributed by atoms with Gasteiger partial charge >= 0.3 is 0 Å². The highest BCUT2D eigenvalue weighted by molar-refractivity contribution is 7.93. The molecule has 0 unspecified atom stereocenters. The first-order valence-corrected chi connectivity index (χ1v) is 15.3. The standard InChI is InChI=1S/C18H25N3O6S4/c1-29(22,23)21-10-8-20(9-11-21)12-13-30(24,25)16-3-5-17(6-4-16)31(26,27)18-7-2-15(14-19)28-18/h2-7H,8-14,19H2,1H3. The molecule has 1 saturated heterocycles. The molecule has 0 atom stereocenters. The summed E-state index contributed by atoms with van der Waals surface area (Å²) >= 11 is 1.09. The van der Waals surface area contributed by atoms with Crippen LogP contribution < -0.4 is 5.73 Å². The van der Waals surface area contributed by atoms with Crippen LogP contribution in [-0.4, -0.2) is 79.2 Å². The van der Waals surface area contributed by atoms with E-state index in [0.717, 1.165) is 22.5 Å². The molecule has 0 amide bonds. The van der Waals surface area contributed by atoms with Crippen LogP contribution in [0.4, 0.5) is 0 Å². The third kappa shape index (κ3) is 5.72. The predicted molar refractivity (Wildman–Crippen MR) is 119 cm³/mol. The van der Waals surface area contributed by atoms with Crippen LogP contribution in [-0.2, 0) is 36.2 Å². The van der Waals surface area contributed by atoms with Crippen LogP contribution in [0.2, 0.25) is 0 Å².